The quantitative estimate of drug-likeness (QED) is 0.568. The van der Waals surface area contributed by atoms with Crippen molar-refractivity contribution in [3.05, 3.63) is 59.7 Å². The summed E-state index contributed by atoms with van der Waals surface area (Å²) < 4.78 is 5.66. The van der Waals surface area contributed by atoms with Crippen LogP contribution in [0.3, 0.4) is 0 Å². The van der Waals surface area contributed by atoms with Crippen molar-refractivity contribution in [2.75, 3.05) is 13.2 Å². The molecule has 0 unspecified atom stereocenters. The van der Waals surface area contributed by atoms with Gasteiger partial charge in [-0.15, -0.1) is 0 Å². The molecular weight excluding hydrogens is 444 g/mol. The first-order valence-corrected chi connectivity index (χ1v) is 12.5. The summed E-state index contributed by atoms with van der Waals surface area (Å²) in [5.41, 5.74) is 4.63. The van der Waals surface area contributed by atoms with Crippen molar-refractivity contribution in [2.45, 2.75) is 64.0 Å². The van der Waals surface area contributed by atoms with E-state index in [2.05, 4.69) is 29.6 Å². The fraction of sp³-hybridized carbons (Fsp3) is 0.464. The van der Waals surface area contributed by atoms with Gasteiger partial charge in [-0.05, 0) is 48.4 Å². The third-order valence-electron chi connectivity index (χ3n) is 7.35. The lowest BCUT2D eigenvalue weighted by Crippen LogP contribution is -2.50. The minimum atomic E-state index is -0.864. The highest BCUT2D eigenvalue weighted by molar-refractivity contribution is 5.81. The number of rotatable bonds is 8. The highest BCUT2D eigenvalue weighted by atomic mass is 16.5. The maximum atomic E-state index is 13.0. The second-order valence-corrected chi connectivity index (χ2v) is 9.57. The van der Waals surface area contributed by atoms with Crippen LogP contribution in [-0.2, 0) is 14.3 Å². The molecular formula is C28H34N2O5. The average molecular weight is 479 g/mol. The van der Waals surface area contributed by atoms with Gasteiger partial charge in [-0.25, -0.2) is 4.79 Å². The Bertz CT molecular complexity index is 1040. The minimum Gasteiger partial charge on any atom is -0.481 e. The number of nitrogens with one attached hydrogen (secondary N) is 1. The Hall–Kier alpha value is -3.35. The summed E-state index contributed by atoms with van der Waals surface area (Å²) in [7, 11) is 0. The fourth-order valence-electron chi connectivity index (χ4n) is 5.53. The third kappa shape index (κ3) is 5.34. The van der Waals surface area contributed by atoms with Crippen molar-refractivity contribution in [1.29, 1.82) is 0 Å². The van der Waals surface area contributed by atoms with Crippen molar-refractivity contribution in [1.82, 2.24) is 10.2 Å². The zero-order chi connectivity index (χ0) is 24.9. The zero-order valence-corrected chi connectivity index (χ0v) is 20.4. The van der Waals surface area contributed by atoms with Gasteiger partial charge in [-0.2, -0.15) is 0 Å². The number of piperidine rings is 1. The molecule has 0 aromatic heterocycles. The van der Waals surface area contributed by atoms with Crippen molar-refractivity contribution in [3.8, 4) is 11.1 Å². The van der Waals surface area contributed by atoms with E-state index in [4.69, 9.17) is 4.74 Å². The Morgan fingerprint density at radius 3 is 2.31 bits per heavy atom. The highest BCUT2D eigenvalue weighted by Gasteiger charge is 2.36. The number of carbonyl (C=O) groups excluding carboxylic acids is 2. The second-order valence-electron chi connectivity index (χ2n) is 9.57. The van der Waals surface area contributed by atoms with E-state index in [9.17, 15) is 19.5 Å². The molecule has 2 aromatic rings. The first-order chi connectivity index (χ1) is 16.9. The number of amides is 2. The van der Waals surface area contributed by atoms with Crippen LogP contribution in [0.15, 0.2) is 48.5 Å². The smallest absolute Gasteiger partial charge is 0.407 e. The molecule has 0 radical (unpaired) electrons. The van der Waals surface area contributed by atoms with Crippen LogP contribution in [0.25, 0.3) is 11.1 Å². The Labute approximate surface area is 206 Å². The molecule has 7 nitrogen and oxygen atoms in total. The molecule has 4 rings (SSSR count). The number of aliphatic carboxylic acids is 1. The van der Waals surface area contributed by atoms with Crippen molar-refractivity contribution in [2.24, 2.45) is 5.92 Å². The van der Waals surface area contributed by atoms with Gasteiger partial charge >= 0.3 is 12.1 Å². The number of fused-ring (bicyclic) bond motifs is 3. The van der Waals surface area contributed by atoms with Crippen molar-refractivity contribution < 1.29 is 24.2 Å². The van der Waals surface area contributed by atoms with Gasteiger partial charge in [0.2, 0.25) is 5.91 Å². The van der Waals surface area contributed by atoms with E-state index in [1.165, 1.54) is 11.1 Å². The number of alkyl carbamates (subject to hydrolysis) is 1. The van der Waals surface area contributed by atoms with E-state index in [0.29, 0.717) is 25.8 Å². The number of carbonyl (C=O) groups is 3. The summed E-state index contributed by atoms with van der Waals surface area (Å²) in [6.45, 7) is 4.56. The molecule has 2 N–H and O–H groups in total. The number of benzene rings is 2. The molecule has 0 saturated carbocycles. The third-order valence-corrected chi connectivity index (χ3v) is 7.35. The van der Waals surface area contributed by atoms with Crippen LogP contribution in [0.1, 0.15) is 63.0 Å². The lowest BCUT2D eigenvalue weighted by atomic mass is 9.90. The molecule has 1 fully saturated rings. The van der Waals surface area contributed by atoms with Gasteiger partial charge in [0.1, 0.15) is 6.61 Å². The highest BCUT2D eigenvalue weighted by Crippen LogP contribution is 2.44. The standard InChI is InChI=1S/C28H34N2O5/c1-3-9-19(16-26(31)30-15-8-14-20(18(30)2)27(32)33)29-28(34)35-17-25-23-12-6-4-10-21(23)22-11-5-7-13-24(22)25/h4-7,10-13,18-20,25H,3,8-9,14-17H2,1-2H3,(H,29,34)(H,32,33)/t18-,19+,20-/m1/s1. The lowest BCUT2D eigenvalue weighted by molar-refractivity contribution is -0.149. The Morgan fingerprint density at radius 2 is 1.71 bits per heavy atom. The van der Waals surface area contributed by atoms with Crippen LogP contribution in [-0.4, -0.2) is 53.2 Å². The molecule has 2 aromatic carbocycles. The summed E-state index contributed by atoms with van der Waals surface area (Å²) in [5.74, 6) is -1.56. The van der Waals surface area contributed by atoms with Gasteiger partial charge in [-0.3, -0.25) is 9.59 Å². The van der Waals surface area contributed by atoms with E-state index in [1.54, 1.807) is 11.8 Å². The average Bonchev–Trinajstić information content (AvgIpc) is 3.16. The van der Waals surface area contributed by atoms with E-state index in [1.807, 2.05) is 31.2 Å². The molecule has 2 amide bonds. The van der Waals surface area contributed by atoms with Crippen molar-refractivity contribution in [3.63, 3.8) is 0 Å². The number of nitrogens with zero attached hydrogens (tertiary/aromatic N) is 1. The van der Waals surface area contributed by atoms with E-state index >= 15 is 0 Å². The van der Waals surface area contributed by atoms with Crippen LogP contribution < -0.4 is 5.32 Å². The molecule has 186 valence electrons. The second kappa shape index (κ2) is 10.9. The molecule has 1 aliphatic heterocycles. The summed E-state index contributed by atoms with van der Waals surface area (Å²) in [6, 6.07) is 15.6. The predicted octanol–water partition coefficient (Wildman–Crippen LogP) is 4.80. The topological polar surface area (TPSA) is 95.9 Å². The normalized spacial score (nSPS) is 20.0. The monoisotopic (exact) mass is 478 g/mol. The minimum absolute atomic E-state index is 0.0263. The maximum absolute atomic E-state index is 13.0. The molecule has 35 heavy (non-hydrogen) atoms. The van der Waals surface area contributed by atoms with Crippen molar-refractivity contribution >= 4 is 18.0 Å². The number of carboxylic acids is 1. The summed E-state index contributed by atoms with van der Waals surface area (Å²) in [6.07, 6.45) is 2.29. The Kier molecular flexibility index (Phi) is 7.73. The van der Waals surface area contributed by atoms with E-state index in [-0.39, 0.29) is 36.9 Å². The summed E-state index contributed by atoms with van der Waals surface area (Å²) >= 11 is 0. The Balaban J connectivity index is 1.36. The zero-order valence-electron chi connectivity index (χ0n) is 20.4. The van der Waals surface area contributed by atoms with Gasteiger partial charge in [0.15, 0.2) is 0 Å². The van der Waals surface area contributed by atoms with Crippen LogP contribution in [0.5, 0.6) is 0 Å². The molecule has 3 atom stereocenters. The molecule has 1 aliphatic carbocycles. The molecule has 0 spiro atoms. The molecule has 2 aliphatic rings. The predicted molar refractivity (Wildman–Crippen MR) is 133 cm³/mol. The lowest BCUT2D eigenvalue weighted by Gasteiger charge is -2.38. The summed E-state index contributed by atoms with van der Waals surface area (Å²) in [5, 5.41) is 12.3. The van der Waals surface area contributed by atoms with E-state index in [0.717, 1.165) is 17.5 Å². The SMILES string of the molecule is CCC[C@@H](CC(=O)N1CCC[C@@H](C(=O)O)[C@H]1C)NC(=O)OCC1c2ccccc2-c2ccccc21. The van der Waals surface area contributed by atoms with E-state index < -0.39 is 18.0 Å². The van der Waals surface area contributed by atoms with Crippen LogP contribution in [0.4, 0.5) is 4.79 Å². The number of hydrogen-bond acceptors (Lipinski definition) is 4. The van der Waals surface area contributed by atoms with Crippen LogP contribution in [0, 0.1) is 5.92 Å². The first kappa shape index (κ1) is 24.8. The Morgan fingerprint density at radius 1 is 1.09 bits per heavy atom. The van der Waals surface area contributed by atoms with Gasteiger partial charge in [-0.1, -0.05) is 61.9 Å². The first-order valence-electron chi connectivity index (χ1n) is 12.5. The maximum Gasteiger partial charge on any atom is 0.407 e. The van der Waals surface area contributed by atoms with Gasteiger partial charge in [0, 0.05) is 31.0 Å². The number of carboxylic acid groups (broad SMARTS) is 1. The molecule has 1 saturated heterocycles. The number of hydrogen-bond donors (Lipinski definition) is 2. The number of ether oxygens (including phenoxy) is 1. The number of likely N-dealkylation sites (tertiary alicyclic amines) is 1. The largest absolute Gasteiger partial charge is 0.481 e. The molecule has 1 heterocycles. The van der Waals surface area contributed by atoms with Crippen LogP contribution >= 0.6 is 0 Å². The molecule has 7 heteroatoms. The summed E-state index contributed by atoms with van der Waals surface area (Å²) in [4.78, 5) is 38.9. The fourth-order valence-corrected chi connectivity index (χ4v) is 5.53. The van der Waals surface area contributed by atoms with Gasteiger partial charge in [0.05, 0.1) is 5.92 Å². The van der Waals surface area contributed by atoms with Gasteiger partial charge < -0.3 is 20.1 Å². The van der Waals surface area contributed by atoms with Gasteiger partial charge in [0.25, 0.3) is 0 Å². The molecule has 0 bridgehead atoms. The van der Waals surface area contributed by atoms with Crippen LogP contribution in [0.2, 0.25) is 0 Å².